The maximum atomic E-state index is 5.65. The fourth-order valence-electron chi connectivity index (χ4n) is 3.42. The Bertz CT molecular complexity index is 576. The van der Waals surface area contributed by atoms with Crippen molar-refractivity contribution in [1.82, 2.24) is 9.97 Å². The van der Waals surface area contributed by atoms with Crippen LogP contribution in [-0.4, -0.2) is 25.2 Å². The molecule has 0 aliphatic rings. The number of benzene rings is 1. The Morgan fingerprint density at radius 2 is 1.48 bits per heavy atom. The normalized spacial score (nSPS) is 12.0. The van der Waals surface area contributed by atoms with E-state index in [1.807, 2.05) is 30.6 Å². The molecule has 0 bridgehead atoms. The van der Waals surface area contributed by atoms with Crippen LogP contribution in [0, 0.1) is 0 Å². The van der Waals surface area contributed by atoms with Gasteiger partial charge in [-0.25, -0.2) is 9.97 Å². The van der Waals surface area contributed by atoms with E-state index in [0.717, 1.165) is 11.2 Å². The molecule has 0 fully saturated rings. The van der Waals surface area contributed by atoms with Gasteiger partial charge in [-0.3, -0.25) is 0 Å². The van der Waals surface area contributed by atoms with Gasteiger partial charge >= 0.3 is 0 Å². The summed E-state index contributed by atoms with van der Waals surface area (Å²) >= 11 is 0. The van der Waals surface area contributed by atoms with Crippen molar-refractivity contribution in [3.05, 3.63) is 42.7 Å². The first kappa shape index (κ1) is 15.7. The summed E-state index contributed by atoms with van der Waals surface area (Å²) < 4.78 is 5.65. The van der Waals surface area contributed by atoms with E-state index in [1.54, 1.807) is 7.11 Å². The quantitative estimate of drug-likeness (QED) is 0.797. The fourth-order valence-corrected chi connectivity index (χ4v) is 8.82. The number of aromatic nitrogens is 2. The van der Waals surface area contributed by atoms with Crippen LogP contribution in [0.3, 0.4) is 0 Å². The van der Waals surface area contributed by atoms with Gasteiger partial charge in [-0.1, -0.05) is 45.9 Å². The Hall–Kier alpha value is -1.68. The molecule has 0 atom stereocenters. The van der Waals surface area contributed by atoms with Crippen molar-refractivity contribution in [2.75, 3.05) is 7.11 Å². The van der Waals surface area contributed by atoms with Gasteiger partial charge in [0, 0.05) is 12.4 Å². The van der Waals surface area contributed by atoms with Crippen molar-refractivity contribution in [3.63, 3.8) is 0 Å². The number of rotatable bonds is 5. The summed E-state index contributed by atoms with van der Waals surface area (Å²) in [6.45, 7) is 9.15. The number of hydrogen-bond donors (Lipinski definition) is 0. The zero-order valence-corrected chi connectivity index (χ0v) is 14.5. The van der Waals surface area contributed by atoms with Gasteiger partial charge in [0.15, 0.2) is 8.07 Å². The minimum Gasteiger partial charge on any atom is -0.497 e. The van der Waals surface area contributed by atoms with E-state index in [0.29, 0.717) is 11.1 Å². The lowest BCUT2D eigenvalue weighted by Crippen LogP contribution is -2.65. The minimum absolute atomic E-state index is 0.483. The highest BCUT2D eigenvalue weighted by Gasteiger charge is 2.48. The molecule has 0 radical (unpaired) electrons. The predicted molar refractivity (Wildman–Crippen MR) is 90.2 cm³/mol. The molecule has 0 amide bonds. The third-order valence-corrected chi connectivity index (χ3v) is 10.3. The van der Waals surface area contributed by atoms with E-state index in [9.17, 15) is 0 Å². The zero-order valence-electron chi connectivity index (χ0n) is 13.5. The van der Waals surface area contributed by atoms with Gasteiger partial charge in [0.25, 0.3) is 0 Å². The van der Waals surface area contributed by atoms with Crippen LogP contribution in [0.15, 0.2) is 42.7 Å². The molecule has 0 N–H and O–H groups in total. The van der Waals surface area contributed by atoms with Gasteiger partial charge in [0.05, 0.1) is 7.11 Å². The highest BCUT2D eigenvalue weighted by Crippen LogP contribution is 2.33. The summed E-state index contributed by atoms with van der Waals surface area (Å²) in [5.74, 6) is 0.957. The lowest BCUT2D eigenvalue weighted by molar-refractivity contribution is 0.417. The number of hydrogen-bond acceptors (Lipinski definition) is 3. The molecular formula is C17H24N2OSi. The van der Waals surface area contributed by atoms with Crippen molar-refractivity contribution >= 4 is 18.7 Å². The maximum Gasteiger partial charge on any atom is 0.174 e. The monoisotopic (exact) mass is 300 g/mol. The van der Waals surface area contributed by atoms with Crippen LogP contribution < -0.4 is 15.4 Å². The van der Waals surface area contributed by atoms with Crippen molar-refractivity contribution in [1.29, 1.82) is 0 Å². The van der Waals surface area contributed by atoms with Crippen molar-refractivity contribution in [3.8, 4) is 5.75 Å². The van der Waals surface area contributed by atoms with Gasteiger partial charge in [-0.2, -0.15) is 0 Å². The molecule has 112 valence electrons. The Labute approximate surface area is 128 Å². The first-order valence-electron chi connectivity index (χ1n) is 7.46. The summed E-state index contributed by atoms with van der Waals surface area (Å²) in [6, 6.07) is 10.2. The standard InChI is InChI=1S/C17H24N2OSi/c1-13(2)21(14(3)4,17-18-11-8-12-19-17)16-10-7-6-9-15(16)20-5/h6-14H,1-5H3. The zero-order chi connectivity index (χ0) is 15.5. The van der Waals surface area contributed by atoms with Gasteiger partial charge in [0.1, 0.15) is 11.2 Å². The Morgan fingerprint density at radius 3 is 2.00 bits per heavy atom. The number of ether oxygens (including phenoxy) is 1. The summed E-state index contributed by atoms with van der Waals surface area (Å²) in [5.41, 5.74) is 1.96. The minimum atomic E-state index is -2.12. The average Bonchev–Trinajstić information content (AvgIpc) is 2.49. The molecule has 2 aromatic rings. The van der Waals surface area contributed by atoms with Gasteiger partial charge in [0.2, 0.25) is 0 Å². The average molecular weight is 300 g/mol. The highest BCUT2D eigenvalue weighted by atomic mass is 28.3. The van der Waals surface area contributed by atoms with Crippen LogP contribution in [0.4, 0.5) is 0 Å². The highest BCUT2D eigenvalue weighted by molar-refractivity contribution is 7.03. The van der Waals surface area contributed by atoms with E-state index in [1.165, 1.54) is 5.19 Å². The third-order valence-electron chi connectivity index (χ3n) is 4.31. The molecule has 2 rings (SSSR count). The van der Waals surface area contributed by atoms with Crippen molar-refractivity contribution in [2.24, 2.45) is 0 Å². The second-order valence-corrected chi connectivity index (χ2v) is 11.0. The molecule has 1 aromatic carbocycles. The molecule has 21 heavy (non-hydrogen) atoms. The van der Waals surface area contributed by atoms with E-state index in [-0.39, 0.29) is 0 Å². The Balaban J connectivity index is 2.78. The van der Waals surface area contributed by atoms with Crippen LogP contribution >= 0.6 is 0 Å². The van der Waals surface area contributed by atoms with Gasteiger partial charge < -0.3 is 4.74 Å². The van der Waals surface area contributed by atoms with Crippen LogP contribution in [0.2, 0.25) is 11.1 Å². The molecule has 0 saturated heterocycles. The summed E-state index contributed by atoms with van der Waals surface area (Å²) in [5, 5.41) is 1.30. The largest absolute Gasteiger partial charge is 0.497 e. The lowest BCUT2D eigenvalue weighted by atomic mass is 10.3. The molecule has 3 nitrogen and oxygen atoms in total. The number of para-hydroxylation sites is 1. The molecule has 0 saturated carbocycles. The van der Waals surface area contributed by atoms with E-state index in [2.05, 4.69) is 49.8 Å². The van der Waals surface area contributed by atoms with Crippen molar-refractivity contribution in [2.45, 2.75) is 38.8 Å². The predicted octanol–water partition coefficient (Wildman–Crippen LogP) is 2.87. The number of methoxy groups -OCH3 is 1. The van der Waals surface area contributed by atoms with Gasteiger partial charge in [-0.15, -0.1) is 0 Å². The molecule has 4 heteroatoms. The van der Waals surface area contributed by atoms with Crippen LogP contribution in [0.25, 0.3) is 0 Å². The smallest absolute Gasteiger partial charge is 0.174 e. The van der Waals surface area contributed by atoms with E-state index >= 15 is 0 Å². The maximum absolute atomic E-state index is 5.65. The van der Waals surface area contributed by atoms with E-state index < -0.39 is 8.07 Å². The molecular weight excluding hydrogens is 276 g/mol. The molecule has 0 aliphatic heterocycles. The second-order valence-electron chi connectivity index (χ2n) is 5.95. The summed E-state index contributed by atoms with van der Waals surface area (Å²) in [7, 11) is -0.375. The second kappa shape index (κ2) is 6.39. The molecule has 0 aliphatic carbocycles. The van der Waals surface area contributed by atoms with E-state index in [4.69, 9.17) is 4.74 Å². The Kier molecular flexibility index (Phi) is 4.78. The van der Waals surface area contributed by atoms with Crippen molar-refractivity contribution < 1.29 is 4.74 Å². The summed E-state index contributed by atoms with van der Waals surface area (Å²) in [4.78, 5) is 9.28. The van der Waals surface area contributed by atoms with Crippen LogP contribution in [-0.2, 0) is 0 Å². The molecule has 0 unspecified atom stereocenters. The van der Waals surface area contributed by atoms with Gasteiger partial charge in [-0.05, 0) is 28.4 Å². The van der Waals surface area contributed by atoms with Crippen LogP contribution in [0.1, 0.15) is 27.7 Å². The Morgan fingerprint density at radius 1 is 0.905 bits per heavy atom. The first-order chi connectivity index (χ1) is 10.0. The SMILES string of the molecule is COc1ccccc1[Si](c1ncccn1)(C(C)C)C(C)C. The topological polar surface area (TPSA) is 35.0 Å². The molecule has 0 spiro atoms. The fraction of sp³-hybridized carbons (Fsp3) is 0.412. The summed E-state index contributed by atoms with van der Waals surface area (Å²) in [6.07, 6.45) is 3.70. The van der Waals surface area contributed by atoms with Crippen LogP contribution in [0.5, 0.6) is 5.75 Å². The third kappa shape index (κ3) is 2.60. The molecule has 1 heterocycles. The number of nitrogens with zero attached hydrogens (tertiary/aromatic N) is 2. The lowest BCUT2D eigenvalue weighted by Gasteiger charge is -2.38. The first-order valence-corrected chi connectivity index (χ1v) is 9.61. The molecule has 1 aromatic heterocycles.